The molecule has 2 amide bonds. The summed E-state index contributed by atoms with van der Waals surface area (Å²) in [7, 11) is 2.14. The van der Waals surface area contributed by atoms with Crippen molar-refractivity contribution in [3.8, 4) is 0 Å². The molecule has 3 rings (SSSR count). The van der Waals surface area contributed by atoms with E-state index in [0.29, 0.717) is 5.91 Å². The van der Waals surface area contributed by atoms with E-state index in [2.05, 4.69) is 24.2 Å². The molecule has 0 radical (unpaired) electrons. The molecule has 1 N–H and O–H groups in total. The van der Waals surface area contributed by atoms with Gasteiger partial charge in [-0.1, -0.05) is 13.3 Å². The van der Waals surface area contributed by atoms with Gasteiger partial charge in [0.1, 0.15) is 0 Å². The van der Waals surface area contributed by atoms with Crippen LogP contribution in [0.3, 0.4) is 0 Å². The lowest BCUT2D eigenvalue weighted by atomic mass is 9.83. The van der Waals surface area contributed by atoms with Gasteiger partial charge in [-0.2, -0.15) is 0 Å². The molecular formula is C18H31N3O2. The fraction of sp³-hybridized carbons (Fsp3) is 0.889. The highest BCUT2D eigenvalue weighted by Gasteiger charge is 2.35. The highest BCUT2D eigenvalue weighted by atomic mass is 16.2. The fourth-order valence-electron chi connectivity index (χ4n) is 4.14. The molecule has 0 bridgehead atoms. The Morgan fingerprint density at radius 2 is 1.78 bits per heavy atom. The third-order valence-electron chi connectivity index (χ3n) is 6.07. The number of nitrogens with one attached hydrogen (secondary N) is 1. The summed E-state index contributed by atoms with van der Waals surface area (Å²) in [5.41, 5.74) is 0.214. The molecule has 130 valence electrons. The molecule has 2 aliphatic heterocycles. The molecule has 0 spiro atoms. The summed E-state index contributed by atoms with van der Waals surface area (Å²) < 4.78 is 0. The number of hydrogen-bond acceptors (Lipinski definition) is 3. The Morgan fingerprint density at radius 3 is 2.30 bits per heavy atom. The first-order chi connectivity index (χ1) is 11.0. The van der Waals surface area contributed by atoms with Crippen LogP contribution in [0.5, 0.6) is 0 Å². The lowest BCUT2D eigenvalue weighted by molar-refractivity contribution is -0.141. The van der Waals surface area contributed by atoms with Gasteiger partial charge in [0.15, 0.2) is 0 Å². The van der Waals surface area contributed by atoms with Crippen molar-refractivity contribution in [1.29, 1.82) is 0 Å². The smallest absolute Gasteiger partial charge is 0.225 e. The number of nitrogens with zero attached hydrogens (tertiary/aromatic N) is 2. The molecular weight excluding hydrogens is 290 g/mol. The average molecular weight is 321 g/mol. The summed E-state index contributed by atoms with van der Waals surface area (Å²) in [6, 6.07) is 0. The van der Waals surface area contributed by atoms with Gasteiger partial charge in [-0.05, 0) is 51.1 Å². The molecule has 2 saturated heterocycles. The summed E-state index contributed by atoms with van der Waals surface area (Å²) in [5.74, 6) is 0.885. The number of likely N-dealkylation sites (tertiary alicyclic amines) is 2. The van der Waals surface area contributed by atoms with Crippen molar-refractivity contribution in [2.75, 3.05) is 39.8 Å². The molecule has 5 nitrogen and oxygen atoms in total. The topological polar surface area (TPSA) is 52.7 Å². The Bertz CT molecular complexity index is 455. The molecule has 0 aromatic heterocycles. The molecule has 0 aromatic rings. The van der Waals surface area contributed by atoms with E-state index in [9.17, 15) is 9.59 Å². The van der Waals surface area contributed by atoms with E-state index in [1.54, 1.807) is 0 Å². The van der Waals surface area contributed by atoms with Gasteiger partial charge in [0.25, 0.3) is 0 Å². The van der Waals surface area contributed by atoms with Crippen LogP contribution in [0.4, 0.5) is 0 Å². The molecule has 0 aromatic carbocycles. The van der Waals surface area contributed by atoms with Gasteiger partial charge in [0.2, 0.25) is 11.8 Å². The Kier molecular flexibility index (Phi) is 4.95. The van der Waals surface area contributed by atoms with Gasteiger partial charge < -0.3 is 15.1 Å². The Labute approximate surface area is 139 Å². The summed E-state index contributed by atoms with van der Waals surface area (Å²) in [6.45, 7) is 6.73. The van der Waals surface area contributed by atoms with Crippen LogP contribution < -0.4 is 5.32 Å². The van der Waals surface area contributed by atoms with Crippen molar-refractivity contribution in [2.45, 2.75) is 45.4 Å². The zero-order valence-electron chi connectivity index (χ0n) is 14.6. The summed E-state index contributed by atoms with van der Waals surface area (Å²) in [5, 5.41) is 3.18. The van der Waals surface area contributed by atoms with Gasteiger partial charge in [0, 0.05) is 38.0 Å². The second-order valence-corrected chi connectivity index (χ2v) is 8.24. The quantitative estimate of drug-likeness (QED) is 0.853. The van der Waals surface area contributed by atoms with Gasteiger partial charge in [-0.25, -0.2) is 0 Å². The van der Waals surface area contributed by atoms with Gasteiger partial charge >= 0.3 is 0 Å². The number of carbonyl (C=O) groups excluding carboxylic acids is 2. The first kappa shape index (κ1) is 16.7. The highest BCUT2D eigenvalue weighted by molar-refractivity contribution is 5.81. The predicted molar refractivity (Wildman–Crippen MR) is 89.9 cm³/mol. The molecule has 1 aliphatic carbocycles. The van der Waals surface area contributed by atoms with Crippen molar-refractivity contribution >= 4 is 11.8 Å². The van der Waals surface area contributed by atoms with E-state index in [1.807, 2.05) is 4.90 Å². The Morgan fingerprint density at radius 1 is 1.09 bits per heavy atom. The van der Waals surface area contributed by atoms with Crippen LogP contribution >= 0.6 is 0 Å². The van der Waals surface area contributed by atoms with E-state index in [0.717, 1.165) is 64.8 Å². The number of hydrogen-bond donors (Lipinski definition) is 1. The molecule has 3 fully saturated rings. The van der Waals surface area contributed by atoms with E-state index >= 15 is 0 Å². The molecule has 3 aliphatic rings. The predicted octanol–water partition coefficient (Wildman–Crippen LogP) is 1.48. The maximum atomic E-state index is 12.4. The van der Waals surface area contributed by atoms with Crippen molar-refractivity contribution < 1.29 is 9.59 Å². The third kappa shape index (κ3) is 3.87. The van der Waals surface area contributed by atoms with Crippen molar-refractivity contribution in [2.24, 2.45) is 17.3 Å². The highest BCUT2D eigenvalue weighted by Crippen LogP contribution is 2.30. The first-order valence-corrected chi connectivity index (χ1v) is 9.22. The molecule has 1 saturated carbocycles. The molecule has 5 heteroatoms. The third-order valence-corrected chi connectivity index (χ3v) is 6.07. The number of carbonyl (C=O) groups is 2. The number of rotatable bonds is 4. The van der Waals surface area contributed by atoms with Gasteiger partial charge in [-0.3, -0.25) is 9.59 Å². The van der Waals surface area contributed by atoms with E-state index in [4.69, 9.17) is 0 Å². The average Bonchev–Trinajstić information content (AvgIpc) is 2.83. The molecule has 2 heterocycles. The fourth-order valence-corrected chi connectivity index (χ4v) is 4.14. The van der Waals surface area contributed by atoms with Crippen LogP contribution in [-0.2, 0) is 9.59 Å². The SMILES string of the molecule is CN1CC[C@@](C)(CNC(=O)C2CCN(C(=O)C3CCC3)CC2)C1. The normalized spacial score (nSPS) is 30.3. The van der Waals surface area contributed by atoms with Crippen LogP contribution in [0.25, 0.3) is 0 Å². The van der Waals surface area contributed by atoms with Crippen molar-refractivity contribution in [1.82, 2.24) is 15.1 Å². The summed E-state index contributed by atoms with van der Waals surface area (Å²) in [4.78, 5) is 29.0. The van der Waals surface area contributed by atoms with Gasteiger partial charge in [-0.15, -0.1) is 0 Å². The first-order valence-electron chi connectivity index (χ1n) is 9.22. The lowest BCUT2D eigenvalue weighted by Crippen LogP contribution is -2.47. The number of piperidine rings is 1. The number of amides is 2. The maximum Gasteiger partial charge on any atom is 0.225 e. The zero-order valence-corrected chi connectivity index (χ0v) is 14.6. The van der Waals surface area contributed by atoms with Crippen LogP contribution in [0.2, 0.25) is 0 Å². The minimum atomic E-state index is 0.0863. The maximum absolute atomic E-state index is 12.4. The largest absolute Gasteiger partial charge is 0.355 e. The zero-order chi connectivity index (χ0) is 16.4. The standard InChI is InChI=1S/C18H31N3O2/c1-18(8-11-20(2)13-18)12-19-16(22)14-6-9-21(10-7-14)17(23)15-4-3-5-15/h14-15H,3-13H2,1-2H3,(H,19,22)/t18-/m0/s1. The summed E-state index contributed by atoms with van der Waals surface area (Å²) in [6.07, 6.45) is 6.11. The lowest BCUT2D eigenvalue weighted by Gasteiger charge is -2.36. The minimum Gasteiger partial charge on any atom is -0.355 e. The summed E-state index contributed by atoms with van der Waals surface area (Å²) >= 11 is 0. The molecule has 0 unspecified atom stereocenters. The van der Waals surface area contributed by atoms with Crippen LogP contribution in [0.15, 0.2) is 0 Å². The van der Waals surface area contributed by atoms with E-state index in [1.165, 1.54) is 6.42 Å². The Hall–Kier alpha value is -1.10. The van der Waals surface area contributed by atoms with E-state index < -0.39 is 0 Å². The van der Waals surface area contributed by atoms with Crippen LogP contribution in [0, 0.1) is 17.3 Å². The van der Waals surface area contributed by atoms with Crippen molar-refractivity contribution in [3.63, 3.8) is 0 Å². The van der Waals surface area contributed by atoms with Crippen LogP contribution in [-0.4, -0.2) is 61.4 Å². The second kappa shape index (κ2) is 6.80. The molecule has 1 atom stereocenters. The van der Waals surface area contributed by atoms with Gasteiger partial charge in [0.05, 0.1) is 0 Å². The minimum absolute atomic E-state index is 0.0863. The van der Waals surface area contributed by atoms with Crippen LogP contribution in [0.1, 0.15) is 45.4 Å². The molecule has 23 heavy (non-hydrogen) atoms. The second-order valence-electron chi connectivity index (χ2n) is 8.24. The van der Waals surface area contributed by atoms with E-state index in [-0.39, 0.29) is 23.2 Å². The van der Waals surface area contributed by atoms with Crippen molar-refractivity contribution in [3.05, 3.63) is 0 Å². The Balaban J connectivity index is 1.40. The monoisotopic (exact) mass is 321 g/mol.